The van der Waals surface area contributed by atoms with Crippen LogP contribution in [0, 0.1) is 0 Å². The average Bonchev–Trinajstić information content (AvgIpc) is 2.62. The van der Waals surface area contributed by atoms with Crippen LogP contribution in [-0.4, -0.2) is 23.6 Å². The lowest BCUT2D eigenvalue weighted by atomic mass is 10.1. The second kappa shape index (κ2) is 3.84. The van der Waals surface area contributed by atoms with Gasteiger partial charge in [0.1, 0.15) is 11.3 Å². The zero-order valence-electron chi connectivity index (χ0n) is 8.74. The molecule has 0 radical (unpaired) electrons. The molecule has 16 heavy (non-hydrogen) atoms. The molecule has 0 spiro atoms. The summed E-state index contributed by atoms with van der Waals surface area (Å²) in [5, 5.41) is 11.6. The summed E-state index contributed by atoms with van der Waals surface area (Å²) in [7, 11) is 0. The predicted octanol–water partition coefficient (Wildman–Crippen LogP) is 1.28. The van der Waals surface area contributed by atoms with Crippen molar-refractivity contribution in [3.63, 3.8) is 0 Å². The number of rotatable bonds is 2. The molecule has 0 bridgehead atoms. The Hall–Kier alpha value is -2.04. The van der Waals surface area contributed by atoms with Crippen molar-refractivity contribution < 1.29 is 19.4 Å². The van der Waals surface area contributed by atoms with Crippen LogP contribution >= 0.6 is 0 Å². The third kappa shape index (κ3) is 1.84. The number of benzene rings is 1. The number of carboxylic acids is 1. The fraction of sp³-hybridized carbons (Fsp3) is 0.273. The Morgan fingerprint density at radius 2 is 2.19 bits per heavy atom. The predicted molar refractivity (Wildman–Crippen MR) is 56.9 cm³/mol. The number of anilines is 1. The Bertz CT molecular complexity index is 467. The minimum Gasteiger partial charge on any atom is -0.492 e. The third-order valence-corrected chi connectivity index (χ3v) is 2.33. The maximum atomic E-state index is 11.0. The zero-order valence-corrected chi connectivity index (χ0v) is 8.74. The number of hydrogen-bond acceptors (Lipinski definition) is 3. The third-order valence-electron chi connectivity index (χ3n) is 2.33. The van der Waals surface area contributed by atoms with Gasteiger partial charge in [0, 0.05) is 24.6 Å². The molecule has 5 nitrogen and oxygen atoms in total. The summed E-state index contributed by atoms with van der Waals surface area (Å²) in [6, 6.07) is 3.16. The van der Waals surface area contributed by atoms with Gasteiger partial charge in [0.15, 0.2) is 0 Å². The van der Waals surface area contributed by atoms with Crippen LogP contribution in [0.15, 0.2) is 12.1 Å². The molecule has 1 amide bonds. The molecule has 2 N–H and O–H groups in total. The van der Waals surface area contributed by atoms with Crippen LogP contribution in [0.4, 0.5) is 5.69 Å². The van der Waals surface area contributed by atoms with Crippen LogP contribution in [-0.2, 0) is 11.2 Å². The quantitative estimate of drug-likeness (QED) is 0.788. The Balaban J connectivity index is 2.47. The molecule has 1 aromatic carbocycles. The standard InChI is InChI=1S/C11H11NO4/c1-6(13)12-8-4-7-2-3-16-10(7)9(5-8)11(14)15/h4-5H,2-3H2,1H3,(H,12,13)(H,14,15). The van der Waals surface area contributed by atoms with Crippen molar-refractivity contribution >= 4 is 17.6 Å². The fourth-order valence-corrected chi connectivity index (χ4v) is 1.74. The van der Waals surface area contributed by atoms with E-state index in [-0.39, 0.29) is 11.5 Å². The first-order valence-corrected chi connectivity index (χ1v) is 4.88. The number of carboxylic acid groups (broad SMARTS) is 1. The minimum absolute atomic E-state index is 0.0961. The number of ether oxygens (including phenoxy) is 1. The average molecular weight is 221 g/mol. The number of aromatic carboxylic acids is 1. The lowest BCUT2D eigenvalue weighted by Gasteiger charge is -2.08. The number of nitrogens with one attached hydrogen (secondary N) is 1. The molecular weight excluding hydrogens is 210 g/mol. The first-order valence-electron chi connectivity index (χ1n) is 4.88. The van der Waals surface area contributed by atoms with E-state index in [0.29, 0.717) is 24.5 Å². The van der Waals surface area contributed by atoms with Crippen molar-refractivity contribution in [3.8, 4) is 5.75 Å². The molecule has 0 atom stereocenters. The maximum Gasteiger partial charge on any atom is 0.339 e. The molecule has 0 aliphatic carbocycles. The van der Waals surface area contributed by atoms with E-state index in [0.717, 1.165) is 5.56 Å². The largest absolute Gasteiger partial charge is 0.492 e. The lowest BCUT2D eigenvalue weighted by molar-refractivity contribution is -0.114. The van der Waals surface area contributed by atoms with Crippen molar-refractivity contribution in [2.75, 3.05) is 11.9 Å². The van der Waals surface area contributed by atoms with Crippen molar-refractivity contribution in [3.05, 3.63) is 23.3 Å². The topological polar surface area (TPSA) is 75.6 Å². The summed E-state index contributed by atoms with van der Waals surface area (Å²) in [6.07, 6.45) is 0.670. The maximum absolute atomic E-state index is 11.0. The minimum atomic E-state index is -1.05. The van der Waals surface area contributed by atoms with Crippen LogP contribution in [0.5, 0.6) is 5.75 Å². The number of amides is 1. The van der Waals surface area contributed by atoms with Crippen LogP contribution in [0.2, 0.25) is 0 Å². The van der Waals surface area contributed by atoms with E-state index in [1.165, 1.54) is 13.0 Å². The summed E-state index contributed by atoms with van der Waals surface area (Å²) in [6.45, 7) is 1.86. The van der Waals surface area contributed by atoms with Crippen molar-refractivity contribution in [2.45, 2.75) is 13.3 Å². The van der Waals surface area contributed by atoms with E-state index in [9.17, 15) is 9.59 Å². The number of carbonyl (C=O) groups is 2. The Morgan fingerprint density at radius 3 is 2.81 bits per heavy atom. The molecule has 0 saturated heterocycles. The summed E-state index contributed by atoms with van der Waals surface area (Å²) in [4.78, 5) is 21.9. The van der Waals surface area contributed by atoms with Gasteiger partial charge in [-0.3, -0.25) is 4.79 Å². The van der Waals surface area contributed by atoms with E-state index in [1.807, 2.05) is 0 Å². The second-order valence-corrected chi connectivity index (χ2v) is 3.60. The molecule has 5 heteroatoms. The van der Waals surface area contributed by atoms with Gasteiger partial charge in [-0.15, -0.1) is 0 Å². The van der Waals surface area contributed by atoms with Crippen molar-refractivity contribution in [1.29, 1.82) is 0 Å². The van der Waals surface area contributed by atoms with E-state index in [1.54, 1.807) is 6.07 Å². The zero-order chi connectivity index (χ0) is 11.7. The normalized spacial score (nSPS) is 12.8. The highest BCUT2D eigenvalue weighted by atomic mass is 16.5. The highest BCUT2D eigenvalue weighted by Crippen LogP contribution is 2.32. The summed E-state index contributed by atoms with van der Waals surface area (Å²) in [5.74, 6) is -0.859. The van der Waals surface area contributed by atoms with Crippen LogP contribution < -0.4 is 10.1 Å². The van der Waals surface area contributed by atoms with Gasteiger partial charge in [-0.2, -0.15) is 0 Å². The molecule has 2 rings (SSSR count). The molecule has 0 saturated carbocycles. The van der Waals surface area contributed by atoms with Crippen LogP contribution in [0.25, 0.3) is 0 Å². The van der Waals surface area contributed by atoms with E-state index >= 15 is 0 Å². The molecule has 1 aliphatic rings. The van der Waals surface area contributed by atoms with Gasteiger partial charge in [0.2, 0.25) is 5.91 Å². The van der Waals surface area contributed by atoms with Crippen LogP contribution in [0.3, 0.4) is 0 Å². The van der Waals surface area contributed by atoms with E-state index < -0.39 is 5.97 Å². The van der Waals surface area contributed by atoms with Gasteiger partial charge >= 0.3 is 5.97 Å². The monoisotopic (exact) mass is 221 g/mol. The Kier molecular flexibility index (Phi) is 2.52. The fourth-order valence-electron chi connectivity index (χ4n) is 1.74. The molecule has 1 heterocycles. The smallest absolute Gasteiger partial charge is 0.339 e. The van der Waals surface area contributed by atoms with E-state index in [4.69, 9.17) is 9.84 Å². The first-order chi connectivity index (χ1) is 7.58. The van der Waals surface area contributed by atoms with Gasteiger partial charge in [0.25, 0.3) is 0 Å². The Labute approximate surface area is 92.0 Å². The Morgan fingerprint density at radius 1 is 1.44 bits per heavy atom. The molecule has 1 aromatic rings. The van der Waals surface area contributed by atoms with Gasteiger partial charge in [-0.05, 0) is 12.1 Å². The molecule has 0 unspecified atom stereocenters. The SMILES string of the molecule is CC(=O)Nc1cc2c(c(C(=O)O)c1)OCC2. The number of carbonyl (C=O) groups excluding carboxylic acids is 1. The molecular formula is C11H11NO4. The number of hydrogen-bond donors (Lipinski definition) is 2. The summed E-state index contributed by atoms with van der Waals surface area (Å²) >= 11 is 0. The highest BCUT2D eigenvalue weighted by molar-refractivity contribution is 5.95. The number of fused-ring (bicyclic) bond motifs is 1. The lowest BCUT2D eigenvalue weighted by Crippen LogP contribution is -2.08. The van der Waals surface area contributed by atoms with Crippen LogP contribution in [0.1, 0.15) is 22.8 Å². The molecule has 84 valence electrons. The molecule has 1 aliphatic heterocycles. The first kappa shape index (κ1) is 10.5. The van der Waals surface area contributed by atoms with Gasteiger partial charge in [-0.25, -0.2) is 4.79 Å². The van der Waals surface area contributed by atoms with Gasteiger partial charge < -0.3 is 15.2 Å². The van der Waals surface area contributed by atoms with Crippen molar-refractivity contribution in [2.24, 2.45) is 0 Å². The second-order valence-electron chi connectivity index (χ2n) is 3.60. The summed E-state index contributed by atoms with van der Waals surface area (Å²) in [5.41, 5.74) is 1.41. The van der Waals surface area contributed by atoms with Gasteiger partial charge in [0.05, 0.1) is 6.61 Å². The van der Waals surface area contributed by atoms with Crippen molar-refractivity contribution in [1.82, 2.24) is 0 Å². The summed E-state index contributed by atoms with van der Waals surface area (Å²) < 4.78 is 5.26. The van der Waals surface area contributed by atoms with E-state index in [2.05, 4.69) is 5.32 Å². The molecule has 0 aromatic heterocycles. The highest BCUT2D eigenvalue weighted by Gasteiger charge is 2.21. The molecule has 0 fully saturated rings. The van der Waals surface area contributed by atoms with Gasteiger partial charge in [-0.1, -0.05) is 0 Å².